The first kappa shape index (κ1) is 18.7. The Bertz CT molecular complexity index is 1240. The third-order valence-corrected chi connectivity index (χ3v) is 6.11. The van der Waals surface area contributed by atoms with Gasteiger partial charge in [-0.3, -0.25) is 15.0 Å². The monoisotopic (exact) mass is 403 g/mol. The Morgan fingerprint density at radius 2 is 1.93 bits per heavy atom. The molecule has 30 heavy (non-hydrogen) atoms. The number of rotatable bonds is 4. The molecule has 1 aliphatic heterocycles. The van der Waals surface area contributed by atoms with Crippen molar-refractivity contribution in [3.05, 3.63) is 69.8 Å². The van der Waals surface area contributed by atoms with E-state index >= 15 is 0 Å². The van der Waals surface area contributed by atoms with Gasteiger partial charge in [-0.25, -0.2) is 4.79 Å². The van der Waals surface area contributed by atoms with Crippen molar-refractivity contribution in [2.75, 3.05) is 31.1 Å². The molecule has 1 aliphatic rings. The third kappa shape index (κ3) is 3.41. The molecule has 0 unspecified atom stereocenters. The minimum atomic E-state index is -0.436. The van der Waals surface area contributed by atoms with Crippen molar-refractivity contribution in [3.63, 3.8) is 0 Å². The number of aryl methyl sites for hydroxylation is 1. The van der Waals surface area contributed by atoms with E-state index < -0.39 is 5.76 Å². The molecule has 5 rings (SSSR count). The van der Waals surface area contributed by atoms with Crippen molar-refractivity contribution in [2.24, 2.45) is 0 Å². The quantitative estimate of drug-likeness (QED) is 0.545. The maximum Gasteiger partial charge on any atom is 0.417 e. The number of nitrogens with zero attached hydrogens (tertiary/aromatic N) is 3. The highest BCUT2D eigenvalue weighted by Crippen LogP contribution is 2.27. The fourth-order valence-corrected chi connectivity index (χ4v) is 4.25. The number of aromatic amines is 2. The number of anilines is 1. The van der Waals surface area contributed by atoms with Crippen LogP contribution in [0.1, 0.15) is 16.7 Å². The molecule has 2 aromatic carbocycles. The Kier molecular flexibility index (Phi) is 4.67. The molecule has 7 nitrogen and oxygen atoms in total. The first-order valence-electron chi connectivity index (χ1n) is 10.3. The first-order valence-corrected chi connectivity index (χ1v) is 10.3. The van der Waals surface area contributed by atoms with Gasteiger partial charge < -0.3 is 9.32 Å². The van der Waals surface area contributed by atoms with E-state index in [-0.39, 0.29) is 0 Å². The number of nitrogens with one attached hydrogen (secondary N) is 2. The average molecular weight is 403 g/mol. The summed E-state index contributed by atoms with van der Waals surface area (Å²) in [6.45, 7) is 9.24. The van der Waals surface area contributed by atoms with E-state index in [9.17, 15) is 4.79 Å². The second-order valence-electron chi connectivity index (χ2n) is 7.98. The van der Waals surface area contributed by atoms with Crippen LogP contribution in [0.2, 0.25) is 0 Å². The van der Waals surface area contributed by atoms with Gasteiger partial charge in [0.15, 0.2) is 5.58 Å². The summed E-state index contributed by atoms with van der Waals surface area (Å²) in [5.74, 6) is -0.436. The van der Waals surface area contributed by atoms with Crippen molar-refractivity contribution in [2.45, 2.75) is 20.4 Å². The van der Waals surface area contributed by atoms with E-state index in [0.29, 0.717) is 11.1 Å². The molecular weight excluding hydrogens is 378 g/mol. The minimum absolute atomic E-state index is 0.436. The summed E-state index contributed by atoms with van der Waals surface area (Å²) >= 11 is 0. The van der Waals surface area contributed by atoms with Crippen molar-refractivity contribution in [1.29, 1.82) is 0 Å². The highest BCUT2D eigenvalue weighted by Gasteiger charge is 2.20. The zero-order chi connectivity index (χ0) is 20.7. The van der Waals surface area contributed by atoms with Crippen molar-refractivity contribution >= 4 is 16.8 Å². The molecule has 154 valence electrons. The van der Waals surface area contributed by atoms with E-state index in [1.54, 1.807) is 0 Å². The lowest BCUT2D eigenvalue weighted by molar-refractivity contribution is 0.250. The molecule has 0 radical (unpaired) electrons. The van der Waals surface area contributed by atoms with Gasteiger partial charge in [-0.15, -0.1) is 0 Å². The van der Waals surface area contributed by atoms with Gasteiger partial charge in [0, 0.05) is 49.5 Å². The van der Waals surface area contributed by atoms with Gasteiger partial charge in [0.05, 0.1) is 17.4 Å². The van der Waals surface area contributed by atoms with Gasteiger partial charge in [0.1, 0.15) is 0 Å². The Morgan fingerprint density at radius 1 is 1.10 bits per heavy atom. The predicted octanol–water partition coefficient (Wildman–Crippen LogP) is 3.45. The number of aromatic nitrogens is 3. The van der Waals surface area contributed by atoms with E-state index in [0.717, 1.165) is 49.5 Å². The number of hydrogen-bond donors (Lipinski definition) is 2. The van der Waals surface area contributed by atoms with E-state index in [2.05, 4.69) is 57.0 Å². The highest BCUT2D eigenvalue weighted by atomic mass is 16.4. The number of hydrogen-bond acceptors (Lipinski definition) is 5. The van der Waals surface area contributed by atoms with Crippen molar-refractivity contribution in [3.8, 4) is 11.3 Å². The maximum absolute atomic E-state index is 11.4. The van der Waals surface area contributed by atoms with Crippen LogP contribution in [-0.4, -0.2) is 46.3 Å². The van der Waals surface area contributed by atoms with Crippen LogP contribution in [0, 0.1) is 13.8 Å². The second-order valence-corrected chi connectivity index (χ2v) is 7.98. The summed E-state index contributed by atoms with van der Waals surface area (Å²) in [4.78, 5) is 19.1. The lowest BCUT2D eigenvalue weighted by Crippen LogP contribution is -2.46. The zero-order valence-corrected chi connectivity index (χ0v) is 17.2. The molecule has 0 amide bonds. The average Bonchev–Trinajstić information content (AvgIpc) is 3.35. The molecule has 7 heteroatoms. The number of benzene rings is 2. The molecular formula is C23H25N5O2. The Hall–Kier alpha value is -3.32. The zero-order valence-electron chi connectivity index (χ0n) is 17.2. The smallest absolute Gasteiger partial charge is 0.408 e. The summed E-state index contributed by atoms with van der Waals surface area (Å²) < 4.78 is 5.21. The largest absolute Gasteiger partial charge is 0.417 e. The summed E-state index contributed by atoms with van der Waals surface area (Å²) in [6.07, 6.45) is 1.89. The maximum atomic E-state index is 11.4. The van der Waals surface area contributed by atoms with Crippen LogP contribution < -0.4 is 10.7 Å². The van der Waals surface area contributed by atoms with Gasteiger partial charge in [0.2, 0.25) is 0 Å². The van der Waals surface area contributed by atoms with Gasteiger partial charge in [-0.2, -0.15) is 5.10 Å². The third-order valence-electron chi connectivity index (χ3n) is 6.11. The molecule has 1 fully saturated rings. The number of fused-ring (bicyclic) bond motifs is 1. The van der Waals surface area contributed by atoms with Crippen LogP contribution in [0.25, 0.3) is 22.4 Å². The predicted molar refractivity (Wildman–Crippen MR) is 118 cm³/mol. The van der Waals surface area contributed by atoms with Gasteiger partial charge in [-0.1, -0.05) is 18.2 Å². The summed E-state index contributed by atoms with van der Waals surface area (Å²) in [5, 5.41) is 7.39. The molecule has 0 saturated carbocycles. The second kappa shape index (κ2) is 7.50. The molecule has 0 bridgehead atoms. The lowest BCUT2D eigenvalue weighted by atomic mass is 10.1. The van der Waals surface area contributed by atoms with Gasteiger partial charge >= 0.3 is 5.76 Å². The fraction of sp³-hybridized carbons (Fsp3) is 0.304. The molecule has 0 spiro atoms. The first-order chi connectivity index (χ1) is 14.6. The molecule has 0 atom stereocenters. The van der Waals surface area contributed by atoms with Crippen LogP contribution in [0.4, 0.5) is 5.69 Å². The summed E-state index contributed by atoms with van der Waals surface area (Å²) in [7, 11) is 0. The number of piperazine rings is 1. The van der Waals surface area contributed by atoms with Crippen LogP contribution in [0.15, 0.2) is 51.8 Å². The Balaban J connectivity index is 1.30. The van der Waals surface area contributed by atoms with Gasteiger partial charge in [0.25, 0.3) is 0 Å². The Morgan fingerprint density at radius 3 is 2.77 bits per heavy atom. The van der Waals surface area contributed by atoms with Gasteiger partial charge in [-0.05, 0) is 43.2 Å². The van der Waals surface area contributed by atoms with Crippen LogP contribution in [0.3, 0.4) is 0 Å². The topological polar surface area (TPSA) is 81.2 Å². The van der Waals surface area contributed by atoms with Crippen LogP contribution >= 0.6 is 0 Å². The lowest BCUT2D eigenvalue weighted by Gasteiger charge is -2.37. The molecule has 0 aliphatic carbocycles. The molecule has 1 saturated heterocycles. The minimum Gasteiger partial charge on any atom is -0.408 e. The molecule has 2 aromatic heterocycles. The number of H-pyrrole nitrogens is 2. The van der Waals surface area contributed by atoms with E-state index in [1.807, 2.05) is 24.4 Å². The van der Waals surface area contributed by atoms with E-state index in [1.165, 1.54) is 16.8 Å². The van der Waals surface area contributed by atoms with Crippen molar-refractivity contribution < 1.29 is 4.42 Å². The Labute approximate surface area is 174 Å². The summed E-state index contributed by atoms with van der Waals surface area (Å²) in [6, 6.07) is 12.3. The highest BCUT2D eigenvalue weighted by molar-refractivity contribution is 5.79. The molecule has 3 heterocycles. The SMILES string of the molecule is Cc1cccc(N2CCN(Cc3cn[nH]c3-c3ccc4[nH]c(=O)oc4c3)CC2)c1C. The molecule has 4 aromatic rings. The van der Waals surface area contributed by atoms with Crippen molar-refractivity contribution in [1.82, 2.24) is 20.1 Å². The number of oxazole rings is 1. The van der Waals surface area contributed by atoms with Crippen LogP contribution in [0.5, 0.6) is 0 Å². The summed E-state index contributed by atoms with van der Waals surface area (Å²) in [5.41, 5.74) is 8.40. The normalized spacial score (nSPS) is 15.2. The van der Waals surface area contributed by atoms with E-state index in [4.69, 9.17) is 4.42 Å². The van der Waals surface area contributed by atoms with Crippen LogP contribution in [-0.2, 0) is 6.54 Å². The molecule has 2 N–H and O–H groups in total. The standard InChI is InChI=1S/C23H25N5O2/c1-15-4-3-5-20(16(15)2)28-10-8-27(9-11-28)14-18-13-24-26-22(18)17-6-7-19-21(12-17)30-23(29)25-19/h3-7,12-13H,8-11,14H2,1-2H3,(H,24,26)(H,25,29). The fourth-order valence-electron chi connectivity index (χ4n) is 4.25.